The lowest BCUT2D eigenvalue weighted by Crippen LogP contribution is -2.30. The second-order valence-corrected chi connectivity index (χ2v) is 17.0. The molecule has 0 aromatic heterocycles. The number of allylic oxidation sites excluding steroid dienone is 22. The fourth-order valence-electron chi connectivity index (χ4n) is 6.73. The van der Waals surface area contributed by atoms with Gasteiger partial charge < -0.3 is 14.2 Å². The van der Waals surface area contributed by atoms with Gasteiger partial charge in [0.1, 0.15) is 13.2 Å². The summed E-state index contributed by atoms with van der Waals surface area (Å²) in [4.78, 5) is 38.0. The number of hydrogen-bond donors (Lipinski definition) is 0. The van der Waals surface area contributed by atoms with Gasteiger partial charge in [0.2, 0.25) is 0 Å². The van der Waals surface area contributed by atoms with Crippen molar-refractivity contribution in [1.29, 1.82) is 0 Å². The van der Waals surface area contributed by atoms with E-state index in [-0.39, 0.29) is 44.0 Å². The van der Waals surface area contributed by atoms with E-state index in [0.29, 0.717) is 19.3 Å². The molecule has 0 radical (unpaired) electrons. The number of hydrogen-bond acceptors (Lipinski definition) is 6. The highest BCUT2D eigenvalue weighted by atomic mass is 16.6. The van der Waals surface area contributed by atoms with E-state index in [1.54, 1.807) is 0 Å². The van der Waals surface area contributed by atoms with Crippen LogP contribution in [0.15, 0.2) is 134 Å². The first-order valence-corrected chi connectivity index (χ1v) is 26.7. The van der Waals surface area contributed by atoms with Crippen LogP contribution in [-0.4, -0.2) is 37.2 Å². The number of ether oxygens (including phenoxy) is 3. The van der Waals surface area contributed by atoms with E-state index in [9.17, 15) is 14.4 Å². The summed E-state index contributed by atoms with van der Waals surface area (Å²) in [5, 5.41) is 0. The molecule has 0 bridgehead atoms. The van der Waals surface area contributed by atoms with E-state index in [0.717, 1.165) is 109 Å². The fourth-order valence-corrected chi connectivity index (χ4v) is 6.73. The van der Waals surface area contributed by atoms with Crippen molar-refractivity contribution in [2.45, 2.75) is 219 Å². The molecule has 67 heavy (non-hydrogen) atoms. The zero-order valence-corrected chi connectivity index (χ0v) is 42.9. The van der Waals surface area contributed by atoms with Crippen molar-refractivity contribution in [1.82, 2.24) is 0 Å². The summed E-state index contributed by atoms with van der Waals surface area (Å²) in [7, 11) is 0. The molecule has 1 atom stereocenters. The molecule has 0 aliphatic heterocycles. The van der Waals surface area contributed by atoms with Crippen LogP contribution >= 0.6 is 0 Å². The molecule has 6 nitrogen and oxygen atoms in total. The van der Waals surface area contributed by atoms with Crippen LogP contribution in [0.5, 0.6) is 0 Å². The zero-order valence-electron chi connectivity index (χ0n) is 42.9. The lowest BCUT2D eigenvalue weighted by molar-refractivity contribution is -0.166. The Bertz CT molecular complexity index is 1480. The van der Waals surface area contributed by atoms with Gasteiger partial charge in [-0.3, -0.25) is 14.4 Å². The molecule has 0 fully saturated rings. The lowest BCUT2D eigenvalue weighted by atomic mass is 10.1. The second kappa shape index (κ2) is 54.2. The summed E-state index contributed by atoms with van der Waals surface area (Å²) in [5.41, 5.74) is 0. The molecule has 0 rings (SSSR count). The van der Waals surface area contributed by atoms with Gasteiger partial charge in [-0.2, -0.15) is 0 Å². The summed E-state index contributed by atoms with van der Waals surface area (Å²) in [6.07, 6.45) is 75.9. The number of unbranched alkanes of at least 4 members (excludes halogenated alkanes) is 13. The smallest absolute Gasteiger partial charge is 0.306 e. The number of esters is 3. The predicted molar refractivity (Wildman–Crippen MR) is 288 cm³/mol. The highest BCUT2D eigenvalue weighted by Gasteiger charge is 2.19. The van der Waals surface area contributed by atoms with Crippen molar-refractivity contribution in [2.75, 3.05) is 13.2 Å². The van der Waals surface area contributed by atoms with Crippen LogP contribution in [0.2, 0.25) is 0 Å². The van der Waals surface area contributed by atoms with Gasteiger partial charge in [-0.15, -0.1) is 0 Å². The van der Waals surface area contributed by atoms with Crippen LogP contribution in [0, 0.1) is 0 Å². The van der Waals surface area contributed by atoms with Crippen molar-refractivity contribution in [3.8, 4) is 0 Å². The Morgan fingerprint density at radius 1 is 0.313 bits per heavy atom. The standard InChI is InChI=1S/C61H96O6/c1-4-7-10-13-16-19-22-24-26-28-30-32-34-36-39-42-45-48-51-54-60(63)66-57-58(56-65-59(62)53-50-47-44-41-38-21-18-15-12-9-6-3)67-61(64)55-52-49-46-43-40-37-35-33-31-29-27-25-23-20-17-14-11-8-5-2/h7-8,10-11,16-17,19-20,24-27,30-33,36-37,39-40,45,48,58H,4-6,9,12-15,18,21-23,28-29,34-35,38,41-44,46-47,49-57H2,1-3H3/b10-7-,11-8-,19-16-,20-17-,26-24-,27-25-,32-30-,33-31-,39-36-,40-37-,48-45-. The Kier molecular flexibility index (Phi) is 50.6. The van der Waals surface area contributed by atoms with E-state index < -0.39 is 6.10 Å². The van der Waals surface area contributed by atoms with Gasteiger partial charge >= 0.3 is 17.9 Å². The van der Waals surface area contributed by atoms with E-state index in [2.05, 4.69) is 142 Å². The zero-order chi connectivity index (χ0) is 48.6. The topological polar surface area (TPSA) is 78.9 Å². The van der Waals surface area contributed by atoms with Gasteiger partial charge in [-0.25, -0.2) is 0 Å². The van der Waals surface area contributed by atoms with Crippen molar-refractivity contribution in [3.63, 3.8) is 0 Å². The summed E-state index contributed by atoms with van der Waals surface area (Å²) < 4.78 is 16.7. The first-order valence-electron chi connectivity index (χ1n) is 26.7. The fraction of sp³-hybridized carbons (Fsp3) is 0.590. The van der Waals surface area contributed by atoms with Crippen LogP contribution in [0.1, 0.15) is 213 Å². The Labute approximate surface area is 411 Å². The molecule has 0 saturated carbocycles. The summed E-state index contributed by atoms with van der Waals surface area (Å²) in [6, 6.07) is 0. The number of carbonyl (C=O) groups excluding carboxylic acids is 3. The van der Waals surface area contributed by atoms with Crippen LogP contribution in [0.25, 0.3) is 0 Å². The van der Waals surface area contributed by atoms with Crippen LogP contribution < -0.4 is 0 Å². The van der Waals surface area contributed by atoms with E-state index in [1.807, 2.05) is 12.2 Å². The maximum Gasteiger partial charge on any atom is 0.306 e. The molecule has 0 aliphatic carbocycles. The lowest BCUT2D eigenvalue weighted by Gasteiger charge is -2.18. The molecular weight excluding hydrogens is 829 g/mol. The third-order valence-electron chi connectivity index (χ3n) is 10.7. The van der Waals surface area contributed by atoms with Gasteiger partial charge in [0.25, 0.3) is 0 Å². The van der Waals surface area contributed by atoms with E-state index >= 15 is 0 Å². The quantitative estimate of drug-likeness (QED) is 0.0262. The molecule has 0 heterocycles. The normalized spacial score (nSPS) is 13.2. The van der Waals surface area contributed by atoms with Crippen LogP contribution in [0.3, 0.4) is 0 Å². The monoisotopic (exact) mass is 925 g/mol. The minimum Gasteiger partial charge on any atom is -0.462 e. The Balaban J connectivity index is 4.57. The average molecular weight is 925 g/mol. The molecule has 0 aliphatic rings. The highest BCUT2D eigenvalue weighted by Crippen LogP contribution is 2.13. The van der Waals surface area contributed by atoms with Gasteiger partial charge in [0.05, 0.1) is 0 Å². The maximum atomic E-state index is 12.8. The molecule has 0 saturated heterocycles. The van der Waals surface area contributed by atoms with Crippen LogP contribution in [0.4, 0.5) is 0 Å². The Hall–Kier alpha value is -4.45. The maximum absolute atomic E-state index is 12.8. The summed E-state index contributed by atoms with van der Waals surface area (Å²) >= 11 is 0. The van der Waals surface area contributed by atoms with Gasteiger partial charge in [-0.1, -0.05) is 225 Å². The van der Waals surface area contributed by atoms with Crippen molar-refractivity contribution in [2.24, 2.45) is 0 Å². The van der Waals surface area contributed by atoms with Crippen LogP contribution in [-0.2, 0) is 28.6 Å². The minimum absolute atomic E-state index is 0.118. The van der Waals surface area contributed by atoms with Crippen molar-refractivity contribution in [3.05, 3.63) is 134 Å². The first-order chi connectivity index (χ1) is 33.0. The first kappa shape index (κ1) is 62.5. The number of rotatable bonds is 46. The molecule has 0 N–H and O–H groups in total. The van der Waals surface area contributed by atoms with Gasteiger partial charge in [0.15, 0.2) is 6.10 Å². The van der Waals surface area contributed by atoms with Crippen molar-refractivity contribution >= 4 is 17.9 Å². The average Bonchev–Trinajstić information content (AvgIpc) is 3.33. The predicted octanol–water partition coefficient (Wildman–Crippen LogP) is 17.9. The molecule has 6 heteroatoms. The number of carbonyl (C=O) groups is 3. The molecule has 1 unspecified atom stereocenters. The summed E-state index contributed by atoms with van der Waals surface area (Å²) in [5.74, 6) is -1.05. The SMILES string of the molecule is CC/C=C\C/C=C\C/C=C\C/C=C\C/C=C\C/C=C\CCC(=O)OCC(COC(=O)CCCCCCCCCCCCC)OC(=O)CCCCC/C=C\C/C=C\C/C=C\C/C=C\C/C=C\CC. The molecule has 0 aromatic rings. The van der Waals surface area contributed by atoms with Gasteiger partial charge in [0, 0.05) is 19.3 Å². The van der Waals surface area contributed by atoms with Gasteiger partial charge in [-0.05, 0) is 103 Å². The summed E-state index contributed by atoms with van der Waals surface area (Å²) in [6.45, 7) is 6.29. The molecule has 0 amide bonds. The molecular formula is C61H96O6. The molecule has 0 aromatic carbocycles. The Morgan fingerprint density at radius 3 is 1.00 bits per heavy atom. The molecule has 0 spiro atoms. The third-order valence-corrected chi connectivity index (χ3v) is 10.7. The van der Waals surface area contributed by atoms with E-state index in [4.69, 9.17) is 14.2 Å². The van der Waals surface area contributed by atoms with Crippen molar-refractivity contribution < 1.29 is 28.6 Å². The van der Waals surface area contributed by atoms with E-state index in [1.165, 1.54) is 51.4 Å². The highest BCUT2D eigenvalue weighted by molar-refractivity contribution is 5.71. The Morgan fingerprint density at radius 2 is 0.612 bits per heavy atom. The minimum atomic E-state index is -0.829. The molecule has 376 valence electrons. The largest absolute Gasteiger partial charge is 0.462 e. The second-order valence-electron chi connectivity index (χ2n) is 17.0. The third kappa shape index (κ3) is 52.4.